The standard InChI is InChI=1S/C18H27N5O3S/c24-16(25)12-1-3-13(4-2-12)20-17(26)22-7-9-23(10-8-22)18-21-14-5-6-19-11-15(14)27-18/h12-13,19H,1-11H2,(H,20,26)(H,24,25)/t12-,13-. The van der Waals surface area contributed by atoms with E-state index in [0.29, 0.717) is 25.9 Å². The van der Waals surface area contributed by atoms with Gasteiger partial charge in [0.15, 0.2) is 5.13 Å². The van der Waals surface area contributed by atoms with Crippen LogP contribution in [-0.2, 0) is 17.8 Å². The normalized spacial score (nSPS) is 25.8. The molecule has 9 heteroatoms. The van der Waals surface area contributed by atoms with Crippen LogP contribution in [0, 0.1) is 5.92 Å². The van der Waals surface area contributed by atoms with E-state index in [1.807, 2.05) is 4.90 Å². The summed E-state index contributed by atoms with van der Waals surface area (Å²) in [6, 6.07) is 0.0837. The zero-order chi connectivity index (χ0) is 18.8. The topological polar surface area (TPSA) is 97.8 Å². The zero-order valence-electron chi connectivity index (χ0n) is 15.4. The summed E-state index contributed by atoms with van der Waals surface area (Å²) in [6.45, 7) is 4.91. The van der Waals surface area contributed by atoms with Gasteiger partial charge >= 0.3 is 12.0 Å². The number of aromatic nitrogens is 1. The minimum Gasteiger partial charge on any atom is -0.481 e. The number of rotatable bonds is 3. The number of hydrogen-bond acceptors (Lipinski definition) is 6. The highest BCUT2D eigenvalue weighted by Crippen LogP contribution is 2.29. The fourth-order valence-corrected chi connectivity index (χ4v) is 5.23. The van der Waals surface area contributed by atoms with Crippen molar-refractivity contribution in [3.8, 4) is 0 Å². The van der Waals surface area contributed by atoms with Crippen molar-refractivity contribution in [1.29, 1.82) is 0 Å². The van der Waals surface area contributed by atoms with E-state index in [9.17, 15) is 9.59 Å². The van der Waals surface area contributed by atoms with Crippen molar-refractivity contribution in [1.82, 2.24) is 20.5 Å². The van der Waals surface area contributed by atoms with Gasteiger partial charge in [-0.25, -0.2) is 9.78 Å². The van der Waals surface area contributed by atoms with Crippen LogP contribution in [0.4, 0.5) is 9.93 Å². The molecular formula is C18H27N5O3S. The molecular weight excluding hydrogens is 366 g/mol. The number of piperazine rings is 1. The number of carboxylic acids is 1. The summed E-state index contributed by atoms with van der Waals surface area (Å²) in [5.74, 6) is -0.962. The molecule has 2 fully saturated rings. The van der Waals surface area contributed by atoms with Crippen molar-refractivity contribution in [2.75, 3.05) is 37.6 Å². The first-order valence-corrected chi connectivity index (χ1v) is 10.6. The van der Waals surface area contributed by atoms with E-state index >= 15 is 0 Å². The summed E-state index contributed by atoms with van der Waals surface area (Å²) in [7, 11) is 0. The predicted octanol–water partition coefficient (Wildman–Crippen LogP) is 1.26. The molecule has 1 aliphatic carbocycles. The molecule has 3 N–H and O–H groups in total. The number of nitrogens with one attached hydrogen (secondary N) is 2. The summed E-state index contributed by atoms with van der Waals surface area (Å²) >= 11 is 1.77. The van der Waals surface area contributed by atoms with Crippen LogP contribution in [0.2, 0.25) is 0 Å². The van der Waals surface area contributed by atoms with Crippen LogP contribution in [-0.4, -0.2) is 65.8 Å². The van der Waals surface area contributed by atoms with Crippen molar-refractivity contribution in [3.63, 3.8) is 0 Å². The average molecular weight is 394 g/mol. The second kappa shape index (κ2) is 8.02. The molecule has 4 rings (SSSR count). The molecule has 148 valence electrons. The van der Waals surface area contributed by atoms with Crippen LogP contribution in [0.5, 0.6) is 0 Å². The summed E-state index contributed by atoms with van der Waals surface area (Å²) in [5.41, 5.74) is 1.23. The lowest BCUT2D eigenvalue weighted by atomic mass is 9.86. The Balaban J connectivity index is 1.25. The number of fused-ring (bicyclic) bond motifs is 1. The highest BCUT2D eigenvalue weighted by molar-refractivity contribution is 7.15. The molecule has 0 radical (unpaired) electrons. The summed E-state index contributed by atoms with van der Waals surface area (Å²) < 4.78 is 0. The third-order valence-electron chi connectivity index (χ3n) is 5.83. The van der Waals surface area contributed by atoms with Crippen LogP contribution < -0.4 is 15.5 Å². The van der Waals surface area contributed by atoms with Gasteiger partial charge in [-0.2, -0.15) is 0 Å². The Hall–Kier alpha value is -1.87. The minimum absolute atomic E-state index is 0.0175. The predicted molar refractivity (Wildman–Crippen MR) is 103 cm³/mol. The number of carbonyl (C=O) groups excluding carboxylic acids is 1. The van der Waals surface area contributed by atoms with E-state index in [4.69, 9.17) is 10.1 Å². The zero-order valence-corrected chi connectivity index (χ0v) is 16.3. The maximum absolute atomic E-state index is 12.5. The number of nitrogens with zero attached hydrogens (tertiary/aromatic N) is 3. The maximum atomic E-state index is 12.5. The van der Waals surface area contributed by atoms with Gasteiger partial charge in [0.1, 0.15) is 0 Å². The Morgan fingerprint density at radius 2 is 1.89 bits per heavy atom. The van der Waals surface area contributed by atoms with Crippen molar-refractivity contribution in [2.24, 2.45) is 5.92 Å². The Kier molecular flexibility index (Phi) is 5.49. The van der Waals surface area contributed by atoms with E-state index in [1.165, 1.54) is 10.6 Å². The van der Waals surface area contributed by atoms with Crippen molar-refractivity contribution in [3.05, 3.63) is 10.6 Å². The van der Waals surface area contributed by atoms with Gasteiger partial charge in [-0.3, -0.25) is 4.79 Å². The van der Waals surface area contributed by atoms with Gasteiger partial charge < -0.3 is 25.5 Å². The molecule has 0 atom stereocenters. The Morgan fingerprint density at radius 1 is 1.15 bits per heavy atom. The monoisotopic (exact) mass is 393 g/mol. The molecule has 2 aliphatic heterocycles. The van der Waals surface area contributed by atoms with Crippen molar-refractivity contribution in [2.45, 2.75) is 44.7 Å². The molecule has 8 nitrogen and oxygen atoms in total. The smallest absolute Gasteiger partial charge is 0.317 e. The van der Waals surface area contributed by atoms with Gasteiger partial charge in [-0.1, -0.05) is 0 Å². The van der Waals surface area contributed by atoms with E-state index in [-0.39, 0.29) is 18.0 Å². The van der Waals surface area contributed by atoms with Crippen molar-refractivity contribution < 1.29 is 14.7 Å². The molecule has 1 saturated carbocycles. The first-order valence-electron chi connectivity index (χ1n) is 9.82. The first kappa shape index (κ1) is 18.5. The number of carbonyl (C=O) groups is 2. The molecule has 0 bridgehead atoms. The largest absolute Gasteiger partial charge is 0.481 e. The van der Waals surface area contributed by atoms with E-state index in [2.05, 4.69) is 15.5 Å². The van der Waals surface area contributed by atoms with Gasteiger partial charge in [0.05, 0.1) is 11.6 Å². The summed E-state index contributed by atoms with van der Waals surface area (Å²) in [5, 5.41) is 16.6. The Labute approximate surface area is 162 Å². The molecule has 0 unspecified atom stereocenters. The van der Waals surface area contributed by atoms with Crippen LogP contribution >= 0.6 is 11.3 Å². The Morgan fingerprint density at radius 3 is 2.56 bits per heavy atom. The van der Waals surface area contributed by atoms with E-state index in [1.54, 1.807) is 11.3 Å². The molecule has 1 aromatic heterocycles. The van der Waals surface area contributed by atoms with E-state index < -0.39 is 5.97 Å². The summed E-state index contributed by atoms with van der Waals surface area (Å²) in [6.07, 6.45) is 3.80. The average Bonchev–Trinajstić information content (AvgIpc) is 3.13. The van der Waals surface area contributed by atoms with Crippen LogP contribution in [0.3, 0.4) is 0 Å². The second-order valence-electron chi connectivity index (χ2n) is 7.60. The van der Waals surface area contributed by atoms with Gasteiger partial charge in [-0.05, 0) is 25.7 Å². The highest BCUT2D eigenvalue weighted by atomic mass is 32.1. The molecule has 0 aromatic carbocycles. The number of hydrogen-bond donors (Lipinski definition) is 3. The quantitative estimate of drug-likeness (QED) is 0.715. The Bertz CT molecular complexity index is 670. The summed E-state index contributed by atoms with van der Waals surface area (Å²) in [4.78, 5) is 33.9. The van der Waals surface area contributed by atoms with Gasteiger partial charge in [0.25, 0.3) is 0 Å². The number of thiazole rings is 1. The van der Waals surface area contributed by atoms with Crippen LogP contribution in [0.15, 0.2) is 0 Å². The number of anilines is 1. The van der Waals surface area contributed by atoms with Crippen LogP contribution in [0.25, 0.3) is 0 Å². The molecule has 1 aromatic rings. The third kappa shape index (κ3) is 4.19. The molecule has 0 spiro atoms. The third-order valence-corrected chi connectivity index (χ3v) is 6.99. The lowest BCUT2D eigenvalue weighted by Gasteiger charge is -2.36. The van der Waals surface area contributed by atoms with Crippen molar-refractivity contribution >= 4 is 28.5 Å². The van der Waals surface area contributed by atoms with E-state index in [0.717, 1.165) is 50.6 Å². The first-order chi connectivity index (χ1) is 13.1. The van der Waals surface area contributed by atoms with Gasteiger partial charge in [-0.15, -0.1) is 11.3 Å². The number of urea groups is 1. The lowest BCUT2D eigenvalue weighted by Crippen LogP contribution is -2.54. The molecule has 1 saturated heterocycles. The van der Waals surface area contributed by atoms with Crippen LogP contribution in [0.1, 0.15) is 36.3 Å². The maximum Gasteiger partial charge on any atom is 0.317 e. The number of aliphatic carboxylic acids is 1. The fourth-order valence-electron chi connectivity index (χ4n) is 4.10. The molecule has 3 heterocycles. The highest BCUT2D eigenvalue weighted by Gasteiger charge is 2.29. The SMILES string of the molecule is O=C(N[C@H]1CC[C@H](C(=O)O)CC1)N1CCN(c2nc3c(s2)CNCC3)CC1. The van der Waals surface area contributed by atoms with Gasteiger partial charge in [0.2, 0.25) is 0 Å². The molecule has 2 amide bonds. The van der Waals surface area contributed by atoms with Gasteiger partial charge in [0, 0.05) is 56.6 Å². The number of amides is 2. The lowest BCUT2D eigenvalue weighted by molar-refractivity contribution is -0.142. The fraction of sp³-hybridized carbons (Fsp3) is 0.722. The molecule has 27 heavy (non-hydrogen) atoms. The number of carboxylic acid groups (broad SMARTS) is 1. The minimum atomic E-state index is -0.712. The molecule has 3 aliphatic rings. The second-order valence-corrected chi connectivity index (χ2v) is 8.67.